The van der Waals surface area contributed by atoms with Crippen LogP contribution in [0.15, 0.2) is 71.9 Å². The van der Waals surface area contributed by atoms with Crippen LogP contribution < -0.4 is 4.90 Å². The highest BCUT2D eigenvalue weighted by Gasteiger charge is 2.27. The Morgan fingerprint density at radius 3 is 2.49 bits per heavy atom. The standard InChI is InChI=1S/C26H26N4O3S2/c1-19-7-5-9-23-24(19)28-26(34-23)30(18-20-8-6-14-27-17-20)25(31)21-10-12-22(13-11-21)35(32,33)29-15-3-2-4-16-29/h5-14,17H,2-4,15-16,18H2,1H3. The number of para-hydroxylation sites is 1. The quantitative estimate of drug-likeness (QED) is 0.367. The number of fused-ring (bicyclic) bond motifs is 1. The molecular weight excluding hydrogens is 480 g/mol. The molecule has 2 aromatic heterocycles. The molecule has 0 radical (unpaired) electrons. The topological polar surface area (TPSA) is 83.5 Å². The van der Waals surface area contributed by atoms with Crippen molar-refractivity contribution in [2.45, 2.75) is 37.6 Å². The van der Waals surface area contributed by atoms with Gasteiger partial charge in [-0.25, -0.2) is 13.4 Å². The summed E-state index contributed by atoms with van der Waals surface area (Å²) in [6, 6.07) is 16.0. The zero-order valence-electron chi connectivity index (χ0n) is 19.4. The number of sulfonamides is 1. The number of piperidine rings is 1. The molecule has 0 saturated carbocycles. The smallest absolute Gasteiger partial charge is 0.260 e. The van der Waals surface area contributed by atoms with E-state index in [1.54, 1.807) is 29.4 Å². The number of rotatable bonds is 6. The lowest BCUT2D eigenvalue weighted by Gasteiger charge is -2.26. The van der Waals surface area contributed by atoms with Gasteiger partial charge in [0.2, 0.25) is 10.0 Å². The average Bonchev–Trinajstić information content (AvgIpc) is 3.34. The highest BCUT2D eigenvalue weighted by Crippen LogP contribution is 2.32. The van der Waals surface area contributed by atoms with Crippen LogP contribution in [0.4, 0.5) is 5.13 Å². The highest BCUT2D eigenvalue weighted by atomic mass is 32.2. The molecule has 1 amide bonds. The molecule has 0 aliphatic carbocycles. The molecule has 1 fully saturated rings. The first-order valence-electron chi connectivity index (χ1n) is 11.6. The summed E-state index contributed by atoms with van der Waals surface area (Å²) in [5.41, 5.74) is 3.20. The van der Waals surface area contributed by atoms with Crippen molar-refractivity contribution >= 4 is 42.6 Å². The molecule has 3 heterocycles. The Balaban J connectivity index is 1.47. The fourth-order valence-electron chi connectivity index (χ4n) is 4.27. The third kappa shape index (κ3) is 4.84. The molecule has 2 aromatic carbocycles. The predicted octanol–water partition coefficient (Wildman–Crippen LogP) is 5.02. The molecule has 0 N–H and O–H groups in total. The largest absolute Gasteiger partial charge is 0.279 e. The van der Waals surface area contributed by atoms with E-state index in [0.717, 1.165) is 40.6 Å². The van der Waals surface area contributed by atoms with Gasteiger partial charge >= 0.3 is 0 Å². The van der Waals surface area contributed by atoms with Gasteiger partial charge in [0.25, 0.3) is 5.91 Å². The van der Waals surface area contributed by atoms with Crippen molar-refractivity contribution in [3.63, 3.8) is 0 Å². The van der Waals surface area contributed by atoms with E-state index in [9.17, 15) is 13.2 Å². The minimum atomic E-state index is -3.56. The molecule has 0 atom stereocenters. The number of hydrogen-bond donors (Lipinski definition) is 0. The highest BCUT2D eigenvalue weighted by molar-refractivity contribution is 7.89. The van der Waals surface area contributed by atoms with Crippen LogP contribution >= 0.6 is 11.3 Å². The van der Waals surface area contributed by atoms with Crippen molar-refractivity contribution in [2.75, 3.05) is 18.0 Å². The van der Waals surface area contributed by atoms with Gasteiger partial charge in [-0.15, -0.1) is 0 Å². The van der Waals surface area contributed by atoms with Gasteiger partial charge in [0, 0.05) is 31.0 Å². The Hall–Kier alpha value is -3.14. The predicted molar refractivity (Wildman–Crippen MR) is 138 cm³/mol. The number of nitrogens with zero attached hydrogens (tertiary/aromatic N) is 4. The van der Waals surface area contributed by atoms with Crippen LogP contribution in [0.25, 0.3) is 10.2 Å². The lowest BCUT2D eigenvalue weighted by Crippen LogP contribution is -2.35. The maximum atomic E-state index is 13.7. The summed E-state index contributed by atoms with van der Waals surface area (Å²) in [4.78, 5) is 24.5. The molecule has 180 valence electrons. The molecule has 0 spiro atoms. The number of pyridine rings is 1. The second-order valence-corrected chi connectivity index (χ2v) is 11.6. The van der Waals surface area contributed by atoms with Crippen molar-refractivity contribution in [2.24, 2.45) is 0 Å². The Morgan fingerprint density at radius 1 is 1.03 bits per heavy atom. The number of aryl methyl sites for hydroxylation is 1. The van der Waals surface area contributed by atoms with E-state index in [4.69, 9.17) is 4.98 Å². The number of thiazole rings is 1. The van der Waals surface area contributed by atoms with Gasteiger partial charge < -0.3 is 0 Å². The second-order valence-electron chi connectivity index (χ2n) is 8.66. The summed E-state index contributed by atoms with van der Waals surface area (Å²) in [7, 11) is -3.56. The number of amides is 1. The zero-order valence-corrected chi connectivity index (χ0v) is 21.1. The number of benzene rings is 2. The summed E-state index contributed by atoms with van der Waals surface area (Å²) in [5, 5.41) is 0.591. The van der Waals surface area contributed by atoms with Crippen molar-refractivity contribution < 1.29 is 13.2 Å². The van der Waals surface area contributed by atoms with Gasteiger partial charge in [0.15, 0.2) is 5.13 Å². The Labute approximate surface area is 209 Å². The normalized spacial score (nSPS) is 14.8. The molecule has 1 aliphatic heterocycles. The number of aromatic nitrogens is 2. The zero-order chi connectivity index (χ0) is 24.4. The SMILES string of the molecule is Cc1cccc2sc(N(Cc3cccnc3)C(=O)c3ccc(S(=O)(=O)N4CCCCC4)cc3)nc12. The van der Waals surface area contributed by atoms with E-state index in [0.29, 0.717) is 30.3 Å². The van der Waals surface area contributed by atoms with Crippen LogP contribution in [0, 0.1) is 6.92 Å². The monoisotopic (exact) mass is 506 g/mol. The van der Waals surface area contributed by atoms with Gasteiger partial charge in [-0.2, -0.15) is 4.31 Å². The summed E-state index contributed by atoms with van der Waals surface area (Å²) in [6.45, 7) is 3.39. The minimum Gasteiger partial charge on any atom is -0.279 e. The fourth-order valence-corrected chi connectivity index (χ4v) is 6.83. The average molecular weight is 507 g/mol. The summed E-state index contributed by atoms with van der Waals surface area (Å²) in [5.74, 6) is -0.243. The van der Waals surface area contributed by atoms with Crippen LogP contribution in [0.5, 0.6) is 0 Å². The molecule has 1 saturated heterocycles. The van der Waals surface area contributed by atoms with Gasteiger partial charge in [-0.3, -0.25) is 14.7 Å². The van der Waals surface area contributed by atoms with Gasteiger partial charge in [0.05, 0.1) is 21.7 Å². The van der Waals surface area contributed by atoms with Crippen LogP contribution in [0.3, 0.4) is 0 Å². The molecule has 5 rings (SSSR count). The molecule has 0 bridgehead atoms. The van der Waals surface area contributed by atoms with E-state index in [-0.39, 0.29) is 10.8 Å². The molecule has 1 aliphatic rings. The lowest BCUT2D eigenvalue weighted by atomic mass is 10.2. The van der Waals surface area contributed by atoms with Crippen molar-refractivity contribution in [1.29, 1.82) is 0 Å². The van der Waals surface area contributed by atoms with E-state index in [1.165, 1.54) is 27.8 Å². The first kappa shape index (κ1) is 23.6. The van der Waals surface area contributed by atoms with Crippen LogP contribution in [-0.4, -0.2) is 41.7 Å². The van der Waals surface area contributed by atoms with Gasteiger partial charge in [0.1, 0.15) is 0 Å². The van der Waals surface area contributed by atoms with E-state index >= 15 is 0 Å². The van der Waals surface area contributed by atoms with Crippen molar-refractivity contribution in [1.82, 2.24) is 14.3 Å². The Morgan fingerprint density at radius 2 is 1.80 bits per heavy atom. The number of carbonyl (C=O) groups excluding carboxylic acids is 1. The lowest BCUT2D eigenvalue weighted by molar-refractivity contribution is 0.0985. The fraction of sp³-hybridized carbons (Fsp3) is 0.269. The number of hydrogen-bond acceptors (Lipinski definition) is 6. The molecule has 9 heteroatoms. The number of carbonyl (C=O) groups is 1. The Bertz CT molecular complexity index is 1450. The van der Waals surface area contributed by atoms with Gasteiger partial charge in [-0.05, 0) is 67.3 Å². The molecule has 7 nitrogen and oxygen atoms in total. The second kappa shape index (κ2) is 9.85. The van der Waals surface area contributed by atoms with Crippen molar-refractivity contribution in [3.05, 3.63) is 83.7 Å². The first-order valence-corrected chi connectivity index (χ1v) is 13.9. The molecule has 0 unspecified atom stereocenters. The van der Waals surface area contributed by atoms with Gasteiger partial charge in [-0.1, -0.05) is 36.0 Å². The Kier molecular flexibility index (Phi) is 6.64. The maximum absolute atomic E-state index is 13.7. The number of anilines is 1. The summed E-state index contributed by atoms with van der Waals surface area (Å²) >= 11 is 1.46. The molecule has 4 aromatic rings. The summed E-state index contributed by atoms with van der Waals surface area (Å²) in [6.07, 6.45) is 6.23. The van der Waals surface area contributed by atoms with E-state index < -0.39 is 10.0 Å². The third-order valence-corrected chi connectivity index (χ3v) is 9.16. The van der Waals surface area contributed by atoms with E-state index in [1.807, 2.05) is 37.3 Å². The third-order valence-electron chi connectivity index (χ3n) is 6.20. The van der Waals surface area contributed by atoms with E-state index in [2.05, 4.69) is 4.98 Å². The molecular formula is C26H26N4O3S2. The van der Waals surface area contributed by atoms with Crippen LogP contribution in [0.1, 0.15) is 40.7 Å². The van der Waals surface area contributed by atoms with Crippen LogP contribution in [0.2, 0.25) is 0 Å². The van der Waals surface area contributed by atoms with Crippen LogP contribution in [-0.2, 0) is 16.6 Å². The van der Waals surface area contributed by atoms with Crippen molar-refractivity contribution in [3.8, 4) is 0 Å². The molecule has 35 heavy (non-hydrogen) atoms. The minimum absolute atomic E-state index is 0.213. The maximum Gasteiger partial charge on any atom is 0.260 e. The summed E-state index contributed by atoms with van der Waals surface area (Å²) < 4.78 is 28.6. The first-order chi connectivity index (χ1) is 16.9.